The van der Waals surface area contributed by atoms with Gasteiger partial charge in [0.25, 0.3) is 0 Å². The molecule has 0 aliphatic rings. The van der Waals surface area contributed by atoms with Gasteiger partial charge < -0.3 is 20.4 Å². The molecule has 4 nitrogen and oxygen atoms in total. The van der Waals surface area contributed by atoms with Crippen LogP contribution in [-0.4, -0.2) is 20.4 Å². The van der Waals surface area contributed by atoms with Crippen LogP contribution < -0.4 is 0 Å². The normalized spacial score (nSPS) is 10.1. The molecule has 5 heteroatoms. The quantitative estimate of drug-likeness (QED) is 0.287. The predicted molar refractivity (Wildman–Crippen MR) is 104 cm³/mol. The van der Waals surface area contributed by atoms with Gasteiger partial charge in [-0.2, -0.15) is 0 Å². The summed E-state index contributed by atoms with van der Waals surface area (Å²) in [5.41, 5.74) is 2.27. The standard InChI is InChI=1S/2C11H10O2.Zr/c2*1-7-2-3-8-5-10(12)11(13)6-9(8)4-7;/h2*2-6,12-13H,1H3;. The molecule has 136 valence electrons. The number of aryl methyl sites for hydroxylation is 2. The van der Waals surface area contributed by atoms with Gasteiger partial charge in [-0.15, -0.1) is 0 Å². The number of hydrogen-bond donors (Lipinski definition) is 4. The van der Waals surface area contributed by atoms with Crippen LogP contribution in [0.1, 0.15) is 11.1 Å². The molecule has 0 aliphatic carbocycles. The second-order valence-electron chi connectivity index (χ2n) is 6.38. The Labute approximate surface area is 176 Å². The summed E-state index contributed by atoms with van der Waals surface area (Å²) < 4.78 is 0. The van der Waals surface area contributed by atoms with Crippen molar-refractivity contribution in [1.82, 2.24) is 0 Å². The molecule has 0 unspecified atom stereocenters. The monoisotopic (exact) mass is 438 g/mol. The molecule has 4 rings (SSSR count). The van der Waals surface area contributed by atoms with Crippen molar-refractivity contribution in [1.29, 1.82) is 0 Å². The molecule has 0 heterocycles. The van der Waals surface area contributed by atoms with Crippen LogP contribution in [-0.2, 0) is 26.2 Å². The SMILES string of the molecule is Cc1ccc2cc(O)c(O)cc2c1.Cc1ccc2cc(O)c(O)cc2c1.[Zr]. The third-order valence-corrected chi connectivity index (χ3v) is 4.18. The van der Waals surface area contributed by atoms with Crippen LogP contribution in [0, 0.1) is 13.8 Å². The van der Waals surface area contributed by atoms with Gasteiger partial charge in [-0.1, -0.05) is 47.5 Å². The van der Waals surface area contributed by atoms with Gasteiger partial charge in [0.15, 0.2) is 23.0 Å². The number of fused-ring (bicyclic) bond motifs is 2. The van der Waals surface area contributed by atoms with Crippen molar-refractivity contribution in [2.24, 2.45) is 0 Å². The van der Waals surface area contributed by atoms with Gasteiger partial charge in [-0.05, 0) is 59.7 Å². The van der Waals surface area contributed by atoms with Crippen molar-refractivity contribution in [2.75, 3.05) is 0 Å². The Morgan fingerprint density at radius 3 is 1.07 bits per heavy atom. The first-order valence-electron chi connectivity index (χ1n) is 8.18. The number of phenols is 4. The summed E-state index contributed by atoms with van der Waals surface area (Å²) in [6.45, 7) is 3.98. The summed E-state index contributed by atoms with van der Waals surface area (Å²) in [6.07, 6.45) is 0. The summed E-state index contributed by atoms with van der Waals surface area (Å²) in [4.78, 5) is 0. The van der Waals surface area contributed by atoms with E-state index in [1.165, 1.54) is 0 Å². The van der Waals surface area contributed by atoms with Crippen LogP contribution in [0.25, 0.3) is 21.5 Å². The molecule has 0 spiro atoms. The van der Waals surface area contributed by atoms with E-state index in [1.807, 2.05) is 50.2 Å². The molecule has 0 atom stereocenters. The minimum Gasteiger partial charge on any atom is -0.504 e. The van der Waals surface area contributed by atoms with Gasteiger partial charge in [0.05, 0.1) is 0 Å². The Hall–Kier alpha value is -2.52. The fraction of sp³-hybridized carbons (Fsp3) is 0.0909. The minimum atomic E-state index is -0.0728. The second kappa shape index (κ2) is 8.45. The molecule has 4 N–H and O–H groups in total. The van der Waals surface area contributed by atoms with Crippen molar-refractivity contribution in [2.45, 2.75) is 13.8 Å². The van der Waals surface area contributed by atoms with Crippen molar-refractivity contribution < 1.29 is 46.6 Å². The first kappa shape index (κ1) is 20.8. The molecule has 4 aromatic rings. The Morgan fingerprint density at radius 2 is 0.741 bits per heavy atom. The molecule has 0 saturated carbocycles. The van der Waals surface area contributed by atoms with Crippen molar-refractivity contribution >= 4 is 21.5 Å². The Bertz CT molecular complexity index is 1020. The maximum Gasteiger partial charge on any atom is 0.158 e. The van der Waals surface area contributed by atoms with Crippen LogP contribution >= 0.6 is 0 Å². The van der Waals surface area contributed by atoms with E-state index < -0.39 is 0 Å². The molecule has 0 amide bonds. The predicted octanol–water partition coefficient (Wildman–Crippen LogP) is 5.12. The smallest absolute Gasteiger partial charge is 0.158 e. The molecule has 0 radical (unpaired) electrons. The van der Waals surface area contributed by atoms with Crippen LogP contribution in [0.15, 0.2) is 60.7 Å². The fourth-order valence-electron chi connectivity index (χ4n) is 2.79. The minimum absolute atomic E-state index is 0. The van der Waals surface area contributed by atoms with Crippen molar-refractivity contribution in [3.05, 3.63) is 71.8 Å². The molecule has 27 heavy (non-hydrogen) atoms. The van der Waals surface area contributed by atoms with Crippen LogP contribution in [0.3, 0.4) is 0 Å². The first-order chi connectivity index (χ1) is 12.3. The first-order valence-corrected chi connectivity index (χ1v) is 8.18. The van der Waals surface area contributed by atoms with Gasteiger partial charge in [-0.25, -0.2) is 0 Å². The van der Waals surface area contributed by atoms with E-state index >= 15 is 0 Å². The van der Waals surface area contributed by atoms with Gasteiger partial charge >= 0.3 is 0 Å². The van der Waals surface area contributed by atoms with Gasteiger partial charge in [0.1, 0.15) is 0 Å². The van der Waals surface area contributed by atoms with E-state index in [0.29, 0.717) is 0 Å². The average Bonchev–Trinajstić information content (AvgIpc) is 2.58. The van der Waals surface area contributed by atoms with E-state index in [-0.39, 0.29) is 49.2 Å². The topological polar surface area (TPSA) is 80.9 Å². The summed E-state index contributed by atoms with van der Waals surface area (Å²) in [5, 5.41) is 40.7. The summed E-state index contributed by atoms with van der Waals surface area (Å²) >= 11 is 0. The molecular weight excluding hydrogens is 419 g/mol. The summed E-state index contributed by atoms with van der Waals surface area (Å²) in [6, 6.07) is 18.0. The molecular formula is C22H20O4Zr. The van der Waals surface area contributed by atoms with E-state index in [1.54, 1.807) is 24.3 Å². The van der Waals surface area contributed by atoms with E-state index in [2.05, 4.69) is 0 Å². The maximum atomic E-state index is 9.26. The maximum absolute atomic E-state index is 9.26. The number of hydrogen-bond acceptors (Lipinski definition) is 4. The van der Waals surface area contributed by atoms with Crippen molar-refractivity contribution in [3.63, 3.8) is 0 Å². The molecule has 0 aromatic heterocycles. The average molecular weight is 440 g/mol. The zero-order valence-corrected chi connectivity index (χ0v) is 17.5. The fourth-order valence-corrected chi connectivity index (χ4v) is 2.79. The second-order valence-corrected chi connectivity index (χ2v) is 6.38. The zero-order chi connectivity index (χ0) is 18.8. The summed E-state index contributed by atoms with van der Waals surface area (Å²) in [7, 11) is 0. The molecule has 0 fully saturated rings. The molecule has 4 aromatic carbocycles. The van der Waals surface area contributed by atoms with Crippen molar-refractivity contribution in [3.8, 4) is 23.0 Å². The molecule has 0 saturated heterocycles. The number of phenolic OH excluding ortho intramolecular Hbond substituents is 4. The third-order valence-electron chi connectivity index (χ3n) is 4.18. The van der Waals surface area contributed by atoms with Crippen LogP contribution in [0.2, 0.25) is 0 Å². The van der Waals surface area contributed by atoms with Gasteiger partial charge in [-0.3, -0.25) is 0 Å². The van der Waals surface area contributed by atoms with Gasteiger partial charge in [0, 0.05) is 26.2 Å². The van der Waals surface area contributed by atoms with Crippen LogP contribution in [0.4, 0.5) is 0 Å². The summed E-state index contributed by atoms with van der Waals surface area (Å²) in [5.74, 6) is -0.288. The van der Waals surface area contributed by atoms with E-state index in [9.17, 15) is 20.4 Å². The van der Waals surface area contributed by atoms with Gasteiger partial charge in [0.2, 0.25) is 0 Å². The third kappa shape index (κ3) is 4.81. The number of rotatable bonds is 0. The Balaban J connectivity index is 0.000000187. The van der Waals surface area contributed by atoms with E-state index in [4.69, 9.17) is 0 Å². The molecule has 0 aliphatic heterocycles. The zero-order valence-electron chi connectivity index (χ0n) is 15.1. The number of aromatic hydroxyl groups is 4. The van der Waals surface area contributed by atoms with E-state index in [0.717, 1.165) is 32.7 Å². The molecule has 0 bridgehead atoms. The Kier molecular flexibility index (Phi) is 6.51. The van der Waals surface area contributed by atoms with Crippen LogP contribution in [0.5, 0.6) is 23.0 Å². The number of benzene rings is 4. The Morgan fingerprint density at radius 1 is 0.444 bits per heavy atom. The largest absolute Gasteiger partial charge is 0.504 e.